The van der Waals surface area contributed by atoms with Crippen LogP contribution in [-0.4, -0.2) is 10.9 Å². The summed E-state index contributed by atoms with van der Waals surface area (Å²) in [7, 11) is 0. The first-order valence-electron chi connectivity index (χ1n) is 6.97. The van der Waals surface area contributed by atoms with Gasteiger partial charge in [-0.2, -0.15) is 0 Å². The highest BCUT2D eigenvalue weighted by Gasteiger charge is 2.17. The van der Waals surface area contributed by atoms with E-state index in [1.165, 1.54) is 5.56 Å². The van der Waals surface area contributed by atoms with Gasteiger partial charge >= 0.3 is 0 Å². The molecule has 2 rings (SSSR count). The fourth-order valence-corrected chi connectivity index (χ4v) is 2.16. The molecule has 0 saturated heterocycles. The monoisotopic (exact) mass is 268 g/mol. The minimum Gasteiger partial charge on any atom is -0.310 e. The fourth-order valence-electron chi connectivity index (χ4n) is 2.16. The predicted octanol–water partition coefficient (Wildman–Crippen LogP) is 3.60. The Labute approximate surface area is 120 Å². The van der Waals surface area contributed by atoms with Crippen molar-refractivity contribution in [1.82, 2.24) is 4.98 Å². The molecule has 104 valence electrons. The van der Waals surface area contributed by atoms with E-state index in [0.717, 1.165) is 18.5 Å². The quantitative estimate of drug-likeness (QED) is 0.900. The molecule has 1 heterocycles. The Morgan fingerprint density at radius 1 is 1.15 bits per heavy atom. The molecule has 0 aliphatic carbocycles. The van der Waals surface area contributed by atoms with Gasteiger partial charge < -0.3 is 5.32 Å². The van der Waals surface area contributed by atoms with Crippen LogP contribution in [0.4, 0.5) is 5.82 Å². The molecule has 0 aliphatic heterocycles. The summed E-state index contributed by atoms with van der Waals surface area (Å²) in [5, 5.41) is 2.90. The summed E-state index contributed by atoms with van der Waals surface area (Å²) >= 11 is 0. The second-order valence-corrected chi connectivity index (χ2v) is 4.95. The molecule has 3 heteroatoms. The third-order valence-electron chi connectivity index (χ3n) is 3.33. The lowest BCUT2D eigenvalue weighted by Crippen LogP contribution is -2.24. The van der Waals surface area contributed by atoms with Crippen molar-refractivity contribution < 1.29 is 4.79 Å². The minimum absolute atomic E-state index is 0.0280. The van der Waals surface area contributed by atoms with E-state index in [9.17, 15) is 4.79 Å². The molecule has 0 radical (unpaired) electrons. The summed E-state index contributed by atoms with van der Waals surface area (Å²) in [5.74, 6) is 0.635. The van der Waals surface area contributed by atoms with Gasteiger partial charge in [0.15, 0.2) is 0 Å². The van der Waals surface area contributed by atoms with Crippen LogP contribution in [-0.2, 0) is 11.2 Å². The van der Waals surface area contributed by atoms with Crippen molar-refractivity contribution >= 4 is 11.7 Å². The lowest BCUT2D eigenvalue weighted by Gasteiger charge is -2.15. The van der Waals surface area contributed by atoms with E-state index in [-0.39, 0.29) is 11.8 Å². The van der Waals surface area contributed by atoms with Gasteiger partial charge in [-0.05, 0) is 37.5 Å². The number of hydrogen-bond donors (Lipinski definition) is 1. The maximum atomic E-state index is 12.3. The number of rotatable bonds is 5. The Morgan fingerprint density at radius 3 is 2.55 bits per heavy atom. The first-order chi connectivity index (χ1) is 9.69. The molecule has 0 aliphatic rings. The smallest absolute Gasteiger partial charge is 0.228 e. The molecular formula is C17H20N2O. The molecule has 3 nitrogen and oxygen atoms in total. The molecule has 0 fully saturated rings. The van der Waals surface area contributed by atoms with Crippen LogP contribution in [0.3, 0.4) is 0 Å². The summed E-state index contributed by atoms with van der Waals surface area (Å²) in [5.41, 5.74) is 2.09. The van der Waals surface area contributed by atoms with Crippen LogP contribution in [0, 0.1) is 12.8 Å². The molecule has 1 amide bonds. The maximum absolute atomic E-state index is 12.3. The Morgan fingerprint density at radius 2 is 1.90 bits per heavy atom. The van der Waals surface area contributed by atoms with Crippen LogP contribution in [0.2, 0.25) is 0 Å². The number of pyridine rings is 1. The summed E-state index contributed by atoms with van der Waals surface area (Å²) in [6.07, 6.45) is 1.57. The fraction of sp³-hybridized carbons (Fsp3) is 0.294. The zero-order chi connectivity index (χ0) is 14.4. The van der Waals surface area contributed by atoms with Gasteiger partial charge in [-0.25, -0.2) is 4.98 Å². The van der Waals surface area contributed by atoms with Crippen molar-refractivity contribution in [3.05, 3.63) is 59.8 Å². The predicted molar refractivity (Wildman–Crippen MR) is 81.5 cm³/mol. The Bertz CT molecular complexity index is 566. The first kappa shape index (κ1) is 14.3. The van der Waals surface area contributed by atoms with Gasteiger partial charge in [0.05, 0.1) is 0 Å². The zero-order valence-electron chi connectivity index (χ0n) is 12.0. The van der Waals surface area contributed by atoms with Crippen molar-refractivity contribution in [3.8, 4) is 0 Å². The standard InChI is InChI=1S/C17H20N2O/c1-3-15(12-14-9-5-4-6-10-14)17(20)19-16-11-7-8-13(2)18-16/h4-11,15H,3,12H2,1-2H3,(H,18,19,20). The molecule has 1 aromatic carbocycles. The number of nitrogens with zero attached hydrogens (tertiary/aromatic N) is 1. The van der Waals surface area contributed by atoms with E-state index in [2.05, 4.69) is 22.4 Å². The van der Waals surface area contributed by atoms with E-state index >= 15 is 0 Å². The van der Waals surface area contributed by atoms with Crippen LogP contribution in [0.1, 0.15) is 24.6 Å². The number of hydrogen-bond acceptors (Lipinski definition) is 2. The molecule has 2 aromatic rings. The SMILES string of the molecule is CCC(Cc1ccccc1)C(=O)Nc1cccc(C)n1. The van der Waals surface area contributed by atoms with Crippen LogP contribution < -0.4 is 5.32 Å². The van der Waals surface area contributed by atoms with E-state index in [4.69, 9.17) is 0 Å². The summed E-state index contributed by atoms with van der Waals surface area (Å²) in [4.78, 5) is 16.6. The molecule has 1 aromatic heterocycles. The highest BCUT2D eigenvalue weighted by molar-refractivity contribution is 5.91. The number of benzene rings is 1. The van der Waals surface area contributed by atoms with Gasteiger partial charge in [0.25, 0.3) is 0 Å². The molecular weight excluding hydrogens is 248 g/mol. The molecule has 0 bridgehead atoms. The largest absolute Gasteiger partial charge is 0.310 e. The highest BCUT2D eigenvalue weighted by Crippen LogP contribution is 2.15. The molecule has 1 N–H and O–H groups in total. The number of carbonyl (C=O) groups is 1. The Hall–Kier alpha value is -2.16. The van der Waals surface area contributed by atoms with Gasteiger partial charge in [-0.15, -0.1) is 0 Å². The summed E-state index contributed by atoms with van der Waals surface area (Å²) in [6, 6.07) is 15.7. The van der Waals surface area contributed by atoms with Crippen molar-refractivity contribution in [3.63, 3.8) is 0 Å². The third kappa shape index (κ3) is 3.92. The maximum Gasteiger partial charge on any atom is 0.228 e. The number of nitrogens with one attached hydrogen (secondary N) is 1. The van der Waals surface area contributed by atoms with Gasteiger partial charge in [-0.1, -0.05) is 43.3 Å². The molecule has 1 atom stereocenters. The van der Waals surface area contributed by atoms with Crippen LogP contribution in [0.25, 0.3) is 0 Å². The second kappa shape index (κ2) is 6.85. The van der Waals surface area contributed by atoms with Gasteiger partial charge in [0.1, 0.15) is 5.82 Å². The number of aryl methyl sites for hydroxylation is 1. The van der Waals surface area contributed by atoms with Crippen molar-refractivity contribution in [1.29, 1.82) is 0 Å². The van der Waals surface area contributed by atoms with Gasteiger partial charge in [0, 0.05) is 11.6 Å². The zero-order valence-corrected chi connectivity index (χ0v) is 12.0. The third-order valence-corrected chi connectivity index (χ3v) is 3.33. The van der Waals surface area contributed by atoms with E-state index in [1.807, 2.05) is 50.2 Å². The molecule has 0 spiro atoms. The lowest BCUT2D eigenvalue weighted by molar-refractivity contribution is -0.119. The van der Waals surface area contributed by atoms with E-state index < -0.39 is 0 Å². The highest BCUT2D eigenvalue weighted by atomic mass is 16.1. The molecule has 20 heavy (non-hydrogen) atoms. The van der Waals surface area contributed by atoms with Crippen molar-refractivity contribution in [2.45, 2.75) is 26.7 Å². The first-order valence-corrected chi connectivity index (χ1v) is 6.97. The number of aromatic nitrogens is 1. The average molecular weight is 268 g/mol. The van der Waals surface area contributed by atoms with E-state index in [0.29, 0.717) is 5.82 Å². The number of anilines is 1. The average Bonchev–Trinajstić information content (AvgIpc) is 2.45. The van der Waals surface area contributed by atoms with E-state index in [1.54, 1.807) is 0 Å². The van der Waals surface area contributed by atoms with Crippen molar-refractivity contribution in [2.75, 3.05) is 5.32 Å². The van der Waals surface area contributed by atoms with Gasteiger partial charge in [-0.3, -0.25) is 4.79 Å². The van der Waals surface area contributed by atoms with Crippen molar-refractivity contribution in [2.24, 2.45) is 5.92 Å². The van der Waals surface area contributed by atoms with Crippen LogP contribution in [0.15, 0.2) is 48.5 Å². The molecule has 1 unspecified atom stereocenters. The lowest BCUT2D eigenvalue weighted by atomic mass is 9.96. The topological polar surface area (TPSA) is 42.0 Å². The van der Waals surface area contributed by atoms with Crippen LogP contribution in [0.5, 0.6) is 0 Å². The normalized spacial score (nSPS) is 11.9. The summed E-state index contributed by atoms with van der Waals surface area (Å²) in [6.45, 7) is 3.95. The van der Waals surface area contributed by atoms with Gasteiger partial charge in [0.2, 0.25) is 5.91 Å². The summed E-state index contributed by atoms with van der Waals surface area (Å²) < 4.78 is 0. The molecule has 0 saturated carbocycles. The van der Waals surface area contributed by atoms with Crippen LogP contribution >= 0.6 is 0 Å². The number of carbonyl (C=O) groups excluding carboxylic acids is 1. The Balaban J connectivity index is 2.02. The Kier molecular flexibility index (Phi) is 4.88. The number of amides is 1. The minimum atomic E-state index is -0.0280. The second-order valence-electron chi connectivity index (χ2n) is 4.95.